The molecule has 6 heteroatoms. The summed E-state index contributed by atoms with van der Waals surface area (Å²) in [6.07, 6.45) is 6.04. The maximum Gasteiger partial charge on any atom is 0.227 e. The number of fused-ring (bicyclic) bond motifs is 1. The van der Waals surface area contributed by atoms with Gasteiger partial charge in [0.2, 0.25) is 5.91 Å². The third-order valence-corrected chi connectivity index (χ3v) is 6.31. The van der Waals surface area contributed by atoms with Gasteiger partial charge in [-0.05, 0) is 55.2 Å². The van der Waals surface area contributed by atoms with Gasteiger partial charge in [-0.15, -0.1) is 0 Å². The number of aryl methyl sites for hydroxylation is 1. The Kier molecular flexibility index (Phi) is 5.58. The molecule has 1 aliphatic heterocycles. The van der Waals surface area contributed by atoms with Crippen molar-refractivity contribution in [1.82, 2.24) is 19.9 Å². The van der Waals surface area contributed by atoms with Gasteiger partial charge in [-0.3, -0.25) is 4.79 Å². The summed E-state index contributed by atoms with van der Waals surface area (Å²) >= 11 is 0. The molecule has 0 spiro atoms. The van der Waals surface area contributed by atoms with Gasteiger partial charge >= 0.3 is 0 Å². The Morgan fingerprint density at radius 2 is 1.94 bits per heavy atom. The van der Waals surface area contributed by atoms with Crippen LogP contribution >= 0.6 is 0 Å². The molecule has 1 saturated heterocycles. The number of amides is 1. The average Bonchev–Trinajstić information content (AvgIpc) is 3.24. The van der Waals surface area contributed by atoms with E-state index in [2.05, 4.69) is 27.4 Å². The van der Waals surface area contributed by atoms with Crippen molar-refractivity contribution < 1.29 is 4.79 Å². The Hall–Kier alpha value is -3.67. The van der Waals surface area contributed by atoms with Crippen LogP contribution < -0.4 is 5.32 Å². The lowest BCUT2D eigenvalue weighted by Gasteiger charge is -2.32. The largest absolute Gasteiger partial charge is 0.361 e. The number of nitrogens with zero attached hydrogens (tertiary/aromatic N) is 3. The summed E-state index contributed by atoms with van der Waals surface area (Å²) in [5.74, 6) is 2.19. The number of anilines is 2. The molecular formula is C26H27N5O. The minimum Gasteiger partial charge on any atom is -0.361 e. The van der Waals surface area contributed by atoms with E-state index in [1.807, 2.05) is 60.5 Å². The van der Waals surface area contributed by atoms with Crippen molar-refractivity contribution in [2.45, 2.75) is 32.1 Å². The van der Waals surface area contributed by atoms with E-state index in [0.29, 0.717) is 12.3 Å². The number of para-hydroxylation sites is 1. The fourth-order valence-corrected chi connectivity index (χ4v) is 4.46. The smallest absolute Gasteiger partial charge is 0.227 e. The predicted molar refractivity (Wildman–Crippen MR) is 127 cm³/mol. The van der Waals surface area contributed by atoms with Crippen LogP contribution in [0.15, 0.2) is 67.0 Å². The molecule has 0 atom stereocenters. The van der Waals surface area contributed by atoms with Gasteiger partial charge in [0, 0.05) is 48.0 Å². The normalized spacial score (nSPS) is 14.6. The maximum atomic E-state index is 12.9. The topological polar surface area (TPSA) is 73.9 Å². The number of carbonyl (C=O) groups excluding carboxylic acids is 1. The van der Waals surface area contributed by atoms with Crippen molar-refractivity contribution in [3.05, 3.63) is 83.8 Å². The molecule has 1 amide bonds. The fourth-order valence-electron chi connectivity index (χ4n) is 4.46. The van der Waals surface area contributed by atoms with Gasteiger partial charge in [0.25, 0.3) is 0 Å². The summed E-state index contributed by atoms with van der Waals surface area (Å²) in [6.45, 7) is 3.57. The van der Waals surface area contributed by atoms with Crippen molar-refractivity contribution in [2.24, 2.45) is 0 Å². The van der Waals surface area contributed by atoms with E-state index in [9.17, 15) is 4.79 Å². The number of likely N-dealkylation sites (tertiary alicyclic amines) is 1. The number of rotatable bonds is 5. The van der Waals surface area contributed by atoms with Gasteiger partial charge < -0.3 is 15.2 Å². The van der Waals surface area contributed by atoms with Crippen LogP contribution in [0.1, 0.15) is 35.6 Å². The molecule has 2 N–H and O–H groups in total. The Balaban J connectivity index is 1.21. The van der Waals surface area contributed by atoms with Crippen LogP contribution in [0.4, 0.5) is 11.6 Å². The number of aromatic amines is 1. The standard InChI is InChI=1S/C26H27N5O/c1-18-6-5-13-27-26(18)30-24-10-4-9-22(29-24)19-11-14-31(15-12-19)25(32)16-20-17-28-23-8-3-2-7-21(20)23/h2-10,13,17,19,28H,11-12,14-16H2,1H3,(H,27,29,30). The van der Waals surface area contributed by atoms with Crippen LogP contribution in [0.2, 0.25) is 0 Å². The van der Waals surface area contributed by atoms with Crippen molar-refractivity contribution in [1.29, 1.82) is 0 Å². The number of benzene rings is 1. The van der Waals surface area contributed by atoms with E-state index < -0.39 is 0 Å². The first-order chi connectivity index (χ1) is 15.7. The van der Waals surface area contributed by atoms with E-state index in [1.165, 1.54) is 0 Å². The van der Waals surface area contributed by atoms with E-state index >= 15 is 0 Å². The summed E-state index contributed by atoms with van der Waals surface area (Å²) in [7, 11) is 0. The van der Waals surface area contributed by atoms with Crippen LogP contribution in [-0.2, 0) is 11.2 Å². The highest BCUT2D eigenvalue weighted by molar-refractivity contribution is 5.88. The summed E-state index contributed by atoms with van der Waals surface area (Å²) < 4.78 is 0. The third kappa shape index (κ3) is 4.21. The van der Waals surface area contributed by atoms with Crippen molar-refractivity contribution in [3.8, 4) is 0 Å². The third-order valence-electron chi connectivity index (χ3n) is 6.31. The van der Waals surface area contributed by atoms with Gasteiger partial charge in [-0.25, -0.2) is 9.97 Å². The minimum absolute atomic E-state index is 0.196. The average molecular weight is 426 g/mol. The number of hydrogen-bond donors (Lipinski definition) is 2. The lowest BCUT2D eigenvalue weighted by atomic mass is 9.92. The molecule has 1 fully saturated rings. The van der Waals surface area contributed by atoms with E-state index in [4.69, 9.17) is 4.98 Å². The van der Waals surface area contributed by atoms with Gasteiger partial charge in [-0.1, -0.05) is 30.3 Å². The van der Waals surface area contributed by atoms with Crippen LogP contribution in [0.3, 0.4) is 0 Å². The number of pyridine rings is 2. The Morgan fingerprint density at radius 3 is 2.78 bits per heavy atom. The molecule has 0 unspecified atom stereocenters. The number of carbonyl (C=O) groups is 1. The molecular weight excluding hydrogens is 398 g/mol. The lowest BCUT2D eigenvalue weighted by Crippen LogP contribution is -2.38. The Morgan fingerprint density at radius 1 is 1.09 bits per heavy atom. The number of piperidine rings is 1. The molecule has 1 aliphatic rings. The molecule has 3 aromatic heterocycles. The fraction of sp³-hybridized carbons (Fsp3) is 0.269. The quantitative estimate of drug-likeness (QED) is 0.474. The second-order valence-electron chi connectivity index (χ2n) is 8.43. The molecule has 0 saturated carbocycles. The molecule has 32 heavy (non-hydrogen) atoms. The van der Waals surface area contributed by atoms with Gasteiger partial charge in [-0.2, -0.15) is 0 Å². The van der Waals surface area contributed by atoms with E-state index in [1.54, 1.807) is 6.20 Å². The zero-order chi connectivity index (χ0) is 21.9. The molecule has 0 bridgehead atoms. The van der Waals surface area contributed by atoms with Gasteiger partial charge in [0.1, 0.15) is 11.6 Å². The highest BCUT2D eigenvalue weighted by atomic mass is 16.2. The highest BCUT2D eigenvalue weighted by Crippen LogP contribution is 2.29. The highest BCUT2D eigenvalue weighted by Gasteiger charge is 2.25. The number of nitrogens with one attached hydrogen (secondary N) is 2. The number of aromatic nitrogens is 3. The number of hydrogen-bond acceptors (Lipinski definition) is 4. The van der Waals surface area contributed by atoms with Crippen LogP contribution in [-0.4, -0.2) is 38.8 Å². The molecule has 0 radical (unpaired) electrons. The van der Waals surface area contributed by atoms with Gasteiger partial charge in [0.05, 0.1) is 6.42 Å². The summed E-state index contributed by atoms with van der Waals surface area (Å²) in [6, 6.07) is 18.2. The lowest BCUT2D eigenvalue weighted by molar-refractivity contribution is -0.131. The van der Waals surface area contributed by atoms with Crippen LogP contribution in [0.25, 0.3) is 10.9 Å². The first kappa shape index (κ1) is 20.2. The molecule has 4 aromatic rings. The van der Waals surface area contributed by atoms with Crippen LogP contribution in [0, 0.1) is 6.92 Å². The predicted octanol–water partition coefficient (Wildman–Crippen LogP) is 4.96. The second kappa shape index (κ2) is 8.83. The molecule has 162 valence electrons. The summed E-state index contributed by atoms with van der Waals surface area (Å²) in [5, 5.41) is 4.46. The Bertz CT molecular complexity index is 1240. The second-order valence-corrected chi connectivity index (χ2v) is 8.43. The van der Waals surface area contributed by atoms with Crippen molar-refractivity contribution in [2.75, 3.05) is 18.4 Å². The molecule has 6 nitrogen and oxygen atoms in total. The molecule has 5 rings (SSSR count). The number of H-pyrrole nitrogens is 1. The van der Waals surface area contributed by atoms with Crippen molar-refractivity contribution >= 4 is 28.4 Å². The monoisotopic (exact) mass is 425 g/mol. The summed E-state index contributed by atoms with van der Waals surface area (Å²) in [4.78, 5) is 27.4. The zero-order valence-corrected chi connectivity index (χ0v) is 18.2. The van der Waals surface area contributed by atoms with Gasteiger partial charge in [0.15, 0.2) is 0 Å². The molecule has 1 aromatic carbocycles. The minimum atomic E-state index is 0.196. The summed E-state index contributed by atoms with van der Waals surface area (Å²) in [5.41, 5.74) is 4.31. The van der Waals surface area contributed by atoms with Crippen molar-refractivity contribution in [3.63, 3.8) is 0 Å². The van der Waals surface area contributed by atoms with E-state index in [-0.39, 0.29) is 5.91 Å². The van der Waals surface area contributed by atoms with E-state index in [0.717, 1.165) is 65.3 Å². The maximum absolute atomic E-state index is 12.9. The molecule has 4 heterocycles. The SMILES string of the molecule is Cc1cccnc1Nc1cccc(C2CCN(C(=O)Cc3c[nH]c4ccccc34)CC2)n1. The zero-order valence-electron chi connectivity index (χ0n) is 18.2. The first-order valence-electron chi connectivity index (χ1n) is 11.2. The Labute approximate surface area is 187 Å². The van der Waals surface area contributed by atoms with Crippen LogP contribution in [0.5, 0.6) is 0 Å². The molecule has 0 aliphatic carbocycles. The first-order valence-corrected chi connectivity index (χ1v) is 11.2.